The summed E-state index contributed by atoms with van der Waals surface area (Å²) in [5.41, 5.74) is 0.944. The number of hydrogen-bond acceptors (Lipinski definition) is 6. The van der Waals surface area contributed by atoms with Gasteiger partial charge in [-0.15, -0.1) is 11.3 Å². The molecule has 1 fully saturated rings. The first-order valence-corrected chi connectivity index (χ1v) is 9.42. The van der Waals surface area contributed by atoms with Crippen LogP contribution in [0.15, 0.2) is 35.8 Å². The molecule has 0 bridgehead atoms. The first-order chi connectivity index (χ1) is 12.6. The summed E-state index contributed by atoms with van der Waals surface area (Å²) < 4.78 is 5.38. The molecule has 0 saturated carbocycles. The molecule has 1 aliphatic heterocycles. The van der Waals surface area contributed by atoms with Gasteiger partial charge in [-0.1, -0.05) is 12.1 Å². The van der Waals surface area contributed by atoms with Gasteiger partial charge in [0.15, 0.2) is 0 Å². The Morgan fingerprint density at radius 3 is 2.85 bits per heavy atom. The molecule has 7 nitrogen and oxygen atoms in total. The summed E-state index contributed by atoms with van der Waals surface area (Å²) in [6.45, 7) is 4.95. The van der Waals surface area contributed by atoms with Crippen LogP contribution in [0.5, 0.6) is 0 Å². The fourth-order valence-electron chi connectivity index (χ4n) is 2.70. The van der Waals surface area contributed by atoms with E-state index in [0.717, 1.165) is 24.5 Å². The number of thiophene rings is 1. The minimum atomic E-state index is -0.617. The van der Waals surface area contributed by atoms with Crippen LogP contribution in [0.2, 0.25) is 0 Å². The highest BCUT2D eigenvalue weighted by Gasteiger charge is 2.19. The van der Waals surface area contributed by atoms with Gasteiger partial charge in [0.05, 0.1) is 18.1 Å². The summed E-state index contributed by atoms with van der Waals surface area (Å²) >= 11 is 1.34. The molecule has 2 aromatic heterocycles. The van der Waals surface area contributed by atoms with Crippen LogP contribution in [-0.4, -0.2) is 49.1 Å². The van der Waals surface area contributed by atoms with Crippen LogP contribution in [0.3, 0.4) is 0 Å². The van der Waals surface area contributed by atoms with E-state index in [9.17, 15) is 9.59 Å². The lowest BCUT2D eigenvalue weighted by molar-refractivity contribution is -0.122. The minimum Gasteiger partial charge on any atom is -0.378 e. The number of rotatable bonds is 6. The molecular formula is C18H22N4O3S. The van der Waals surface area contributed by atoms with Crippen molar-refractivity contribution in [1.82, 2.24) is 15.6 Å². The zero-order valence-electron chi connectivity index (χ0n) is 14.6. The predicted molar refractivity (Wildman–Crippen MR) is 100 cm³/mol. The van der Waals surface area contributed by atoms with Gasteiger partial charge in [0.1, 0.15) is 11.9 Å². The lowest BCUT2D eigenvalue weighted by atomic mass is 10.2. The zero-order chi connectivity index (χ0) is 18.4. The van der Waals surface area contributed by atoms with Gasteiger partial charge in [-0.05, 0) is 24.4 Å². The third-order valence-electron chi connectivity index (χ3n) is 4.12. The average Bonchev–Trinajstić information content (AvgIpc) is 3.22. The number of aromatic nitrogens is 1. The number of morpholine rings is 1. The minimum absolute atomic E-state index is 0.230. The molecule has 138 valence electrons. The number of carbonyl (C=O) groups is 2. The topological polar surface area (TPSA) is 83.6 Å². The van der Waals surface area contributed by atoms with Gasteiger partial charge in [0.2, 0.25) is 5.91 Å². The summed E-state index contributed by atoms with van der Waals surface area (Å²) in [6, 6.07) is 6.72. The molecule has 3 rings (SSSR count). The number of anilines is 1. The summed E-state index contributed by atoms with van der Waals surface area (Å²) in [5, 5.41) is 7.42. The Kier molecular flexibility index (Phi) is 6.19. The van der Waals surface area contributed by atoms with Gasteiger partial charge in [0, 0.05) is 31.4 Å². The number of nitrogens with zero attached hydrogens (tertiary/aromatic N) is 2. The van der Waals surface area contributed by atoms with Gasteiger partial charge in [0.25, 0.3) is 5.91 Å². The third kappa shape index (κ3) is 4.59. The maximum Gasteiger partial charge on any atom is 0.261 e. The zero-order valence-corrected chi connectivity index (χ0v) is 15.4. The van der Waals surface area contributed by atoms with Gasteiger partial charge >= 0.3 is 0 Å². The van der Waals surface area contributed by atoms with Crippen molar-refractivity contribution >= 4 is 29.0 Å². The average molecular weight is 374 g/mol. The maximum absolute atomic E-state index is 12.3. The summed E-state index contributed by atoms with van der Waals surface area (Å²) in [4.78, 5) is 31.6. The second-order valence-corrected chi connectivity index (χ2v) is 6.92. The first kappa shape index (κ1) is 18.3. The molecule has 2 aromatic rings. The summed E-state index contributed by atoms with van der Waals surface area (Å²) in [7, 11) is 0. The largest absolute Gasteiger partial charge is 0.378 e. The number of ether oxygens (including phenoxy) is 1. The normalized spacial score (nSPS) is 15.3. The van der Waals surface area contributed by atoms with E-state index in [4.69, 9.17) is 4.74 Å². The Hall–Kier alpha value is -2.45. The maximum atomic E-state index is 12.3. The molecule has 0 spiro atoms. The van der Waals surface area contributed by atoms with E-state index >= 15 is 0 Å². The number of nitrogens with one attached hydrogen (secondary N) is 2. The highest BCUT2D eigenvalue weighted by atomic mass is 32.1. The van der Waals surface area contributed by atoms with Crippen molar-refractivity contribution in [3.05, 3.63) is 46.3 Å². The summed E-state index contributed by atoms with van der Waals surface area (Å²) in [5.74, 6) is 0.399. The highest BCUT2D eigenvalue weighted by molar-refractivity contribution is 7.12. The van der Waals surface area contributed by atoms with Crippen LogP contribution in [0.1, 0.15) is 22.2 Å². The second-order valence-electron chi connectivity index (χ2n) is 5.98. The van der Waals surface area contributed by atoms with Crippen molar-refractivity contribution in [2.45, 2.75) is 19.5 Å². The monoisotopic (exact) mass is 374 g/mol. The van der Waals surface area contributed by atoms with Crippen molar-refractivity contribution in [2.24, 2.45) is 0 Å². The van der Waals surface area contributed by atoms with Gasteiger partial charge < -0.3 is 20.3 Å². The molecule has 0 radical (unpaired) electrons. The van der Waals surface area contributed by atoms with Crippen LogP contribution in [0, 0.1) is 0 Å². The van der Waals surface area contributed by atoms with Gasteiger partial charge in [-0.25, -0.2) is 4.98 Å². The molecule has 0 aliphatic carbocycles. The van der Waals surface area contributed by atoms with Crippen LogP contribution in [0.25, 0.3) is 0 Å². The molecule has 0 aromatic carbocycles. The van der Waals surface area contributed by atoms with E-state index in [1.165, 1.54) is 11.3 Å². The van der Waals surface area contributed by atoms with Gasteiger partial charge in [-0.3, -0.25) is 9.59 Å². The standard InChI is InChI=1S/C18H22N4O3S/c1-13(21-18(24)15-5-3-11-26-15)17(23)20-12-14-4-2-6-19-16(14)22-7-9-25-10-8-22/h2-6,11,13H,7-10,12H2,1H3,(H,20,23)(H,21,24). The van der Waals surface area contributed by atoms with E-state index < -0.39 is 6.04 Å². The van der Waals surface area contributed by atoms with Gasteiger partial charge in [-0.2, -0.15) is 0 Å². The van der Waals surface area contributed by atoms with E-state index in [2.05, 4.69) is 20.5 Å². The van der Waals surface area contributed by atoms with Crippen LogP contribution in [-0.2, 0) is 16.1 Å². The van der Waals surface area contributed by atoms with Crippen molar-refractivity contribution in [3.63, 3.8) is 0 Å². The lowest BCUT2D eigenvalue weighted by Crippen LogP contribution is -2.44. The lowest BCUT2D eigenvalue weighted by Gasteiger charge is -2.29. The molecule has 1 unspecified atom stereocenters. The Balaban J connectivity index is 1.56. The van der Waals surface area contributed by atoms with Crippen molar-refractivity contribution < 1.29 is 14.3 Å². The second kappa shape index (κ2) is 8.77. The number of carbonyl (C=O) groups excluding carboxylic acids is 2. The summed E-state index contributed by atoms with van der Waals surface area (Å²) in [6.07, 6.45) is 1.75. The first-order valence-electron chi connectivity index (χ1n) is 8.54. The molecule has 1 saturated heterocycles. The number of pyridine rings is 1. The SMILES string of the molecule is CC(NC(=O)c1cccs1)C(=O)NCc1cccnc1N1CCOCC1. The van der Waals surface area contributed by atoms with E-state index in [-0.39, 0.29) is 11.8 Å². The van der Waals surface area contributed by atoms with E-state index in [0.29, 0.717) is 24.6 Å². The Bertz CT molecular complexity index is 745. The van der Waals surface area contributed by atoms with Crippen molar-refractivity contribution in [1.29, 1.82) is 0 Å². The van der Waals surface area contributed by atoms with Crippen LogP contribution >= 0.6 is 11.3 Å². The third-order valence-corrected chi connectivity index (χ3v) is 4.99. The predicted octanol–water partition coefficient (Wildman–Crippen LogP) is 1.41. The fraction of sp³-hybridized carbons (Fsp3) is 0.389. The molecule has 2 N–H and O–H groups in total. The van der Waals surface area contributed by atoms with E-state index in [1.807, 2.05) is 17.5 Å². The molecule has 8 heteroatoms. The smallest absolute Gasteiger partial charge is 0.261 e. The molecule has 2 amide bonds. The van der Waals surface area contributed by atoms with Crippen molar-refractivity contribution in [2.75, 3.05) is 31.2 Å². The number of amides is 2. The van der Waals surface area contributed by atoms with Crippen LogP contribution < -0.4 is 15.5 Å². The molecule has 3 heterocycles. The van der Waals surface area contributed by atoms with Crippen molar-refractivity contribution in [3.8, 4) is 0 Å². The Morgan fingerprint density at radius 2 is 2.12 bits per heavy atom. The molecule has 1 aliphatic rings. The Labute approximate surface area is 156 Å². The fourth-order valence-corrected chi connectivity index (χ4v) is 3.33. The number of hydrogen-bond donors (Lipinski definition) is 2. The Morgan fingerprint density at radius 1 is 1.31 bits per heavy atom. The molecule has 26 heavy (non-hydrogen) atoms. The highest BCUT2D eigenvalue weighted by Crippen LogP contribution is 2.18. The van der Waals surface area contributed by atoms with E-state index in [1.54, 1.807) is 25.3 Å². The molecule has 1 atom stereocenters. The molecular weight excluding hydrogens is 352 g/mol. The quantitative estimate of drug-likeness (QED) is 0.799. The van der Waals surface area contributed by atoms with Crippen LogP contribution in [0.4, 0.5) is 5.82 Å².